The molecule has 2 rings (SSSR count). The number of aryl methyl sites for hydroxylation is 1. The molecule has 1 nitrogen and oxygen atoms in total. The second kappa shape index (κ2) is 6.78. The quantitative estimate of drug-likeness (QED) is 0.792. The Kier molecular flexibility index (Phi) is 5.29. The molecule has 1 aromatic carbocycles. The number of rotatable bonds is 5. The van der Waals surface area contributed by atoms with E-state index in [0.717, 1.165) is 26.8 Å². The third kappa shape index (κ3) is 3.45. The van der Waals surface area contributed by atoms with E-state index in [0.29, 0.717) is 12.0 Å². The van der Waals surface area contributed by atoms with Crippen molar-refractivity contribution in [3.63, 3.8) is 0 Å². The summed E-state index contributed by atoms with van der Waals surface area (Å²) in [6.45, 7) is 4.80. The molecule has 0 aliphatic heterocycles. The predicted octanol–water partition coefficient (Wildman–Crippen LogP) is 4.99. The summed E-state index contributed by atoms with van der Waals surface area (Å²) < 4.78 is 28.2. The molecule has 0 aliphatic rings. The first kappa shape index (κ1) is 15.6. The fourth-order valence-electron chi connectivity index (χ4n) is 2.10. The molecule has 0 saturated heterocycles. The van der Waals surface area contributed by atoms with Gasteiger partial charge in [0.1, 0.15) is 0 Å². The van der Waals surface area contributed by atoms with Crippen LogP contribution in [0.3, 0.4) is 0 Å². The number of likely N-dealkylation sites (N-methyl/N-ethyl adjacent to an activating group) is 1. The topological polar surface area (TPSA) is 12.0 Å². The summed E-state index contributed by atoms with van der Waals surface area (Å²) in [6, 6.07) is 6.41. The predicted molar refractivity (Wildman–Crippen MR) is 83.2 cm³/mol. The van der Waals surface area contributed by atoms with Gasteiger partial charge in [0.05, 0.1) is 3.79 Å². The Morgan fingerprint density at radius 3 is 2.70 bits per heavy atom. The highest BCUT2D eigenvalue weighted by molar-refractivity contribution is 9.11. The molecule has 1 N–H and O–H groups in total. The van der Waals surface area contributed by atoms with Crippen LogP contribution in [0.2, 0.25) is 0 Å². The molecule has 0 bridgehead atoms. The highest BCUT2D eigenvalue weighted by atomic mass is 79.9. The summed E-state index contributed by atoms with van der Waals surface area (Å²) in [7, 11) is 0. The lowest BCUT2D eigenvalue weighted by atomic mass is 10.0. The third-order valence-electron chi connectivity index (χ3n) is 3.13. The van der Waals surface area contributed by atoms with Crippen molar-refractivity contribution in [3.05, 3.63) is 55.7 Å². The number of halogens is 3. The van der Waals surface area contributed by atoms with Crippen LogP contribution in [0.25, 0.3) is 0 Å². The first-order valence-corrected chi connectivity index (χ1v) is 8.06. The van der Waals surface area contributed by atoms with Gasteiger partial charge in [-0.3, -0.25) is 0 Å². The van der Waals surface area contributed by atoms with Crippen LogP contribution in [0.5, 0.6) is 0 Å². The van der Waals surface area contributed by atoms with Crippen molar-refractivity contribution in [2.24, 2.45) is 0 Å². The molecule has 2 aromatic rings. The molecule has 1 aromatic heterocycles. The molecule has 1 heterocycles. The normalized spacial score (nSPS) is 12.7. The second-order valence-corrected chi connectivity index (χ2v) is 7.03. The monoisotopic (exact) mass is 359 g/mol. The summed E-state index contributed by atoms with van der Waals surface area (Å²) in [5, 5.41) is 3.34. The van der Waals surface area contributed by atoms with Gasteiger partial charge in [-0.05, 0) is 59.1 Å². The first-order valence-electron chi connectivity index (χ1n) is 6.45. The number of benzene rings is 1. The molecule has 20 heavy (non-hydrogen) atoms. The summed E-state index contributed by atoms with van der Waals surface area (Å²) in [4.78, 5) is 1.12. The van der Waals surface area contributed by atoms with Gasteiger partial charge < -0.3 is 5.32 Å². The van der Waals surface area contributed by atoms with Gasteiger partial charge in [-0.1, -0.05) is 19.1 Å². The Morgan fingerprint density at radius 2 is 2.10 bits per heavy atom. The molecule has 0 saturated carbocycles. The molecule has 1 atom stereocenters. The van der Waals surface area contributed by atoms with E-state index in [-0.39, 0.29) is 6.04 Å². The van der Waals surface area contributed by atoms with Gasteiger partial charge in [0, 0.05) is 10.9 Å². The largest absolute Gasteiger partial charge is 0.309 e. The average molecular weight is 360 g/mol. The fraction of sp³-hybridized carbons (Fsp3) is 0.333. The second-order valence-electron chi connectivity index (χ2n) is 4.63. The van der Waals surface area contributed by atoms with Crippen LogP contribution in [0.15, 0.2) is 28.1 Å². The van der Waals surface area contributed by atoms with E-state index in [9.17, 15) is 8.78 Å². The summed E-state index contributed by atoms with van der Waals surface area (Å²) >= 11 is 5.13. The minimum absolute atomic E-state index is 0.00806. The number of hydrogen-bond acceptors (Lipinski definition) is 2. The molecule has 0 aliphatic carbocycles. The van der Waals surface area contributed by atoms with E-state index in [1.807, 2.05) is 13.8 Å². The molecule has 1 unspecified atom stereocenters. The van der Waals surface area contributed by atoms with Crippen molar-refractivity contribution < 1.29 is 8.78 Å². The van der Waals surface area contributed by atoms with Gasteiger partial charge >= 0.3 is 0 Å². The Labute approximate surface area is 130 Å². The molecule has 5 heteroatoms. The lowest BCUT2D eigenvalue weighted by Gasteiger charge is -2.17. The van der Waals surface area contributed by atoms with Crippen molar-refractivity contribution in [2.75, 3.05) is 6.54 Å². The van der Waals surface area contributed by atoms with E-state index < -0.39 is 11.6 Å². The van der Waals surface area contributed by atoms with E-state index in [1.54, 1.807) is 23.5 Å². The Balaban J connectivity index is 2.27. The SMILES string of the molecule is CCNC(Cc1cccc(F)c1F)c1cc(C)c(Br)s1. The molecule has 0 spiro atoms. The van der Waals surface area contributed by atoms with Crippen LogP contribution < -0.4 is 5.32 Å². The van der Waals surface area contributed by atoms with Crippen molar-refractivity contribution in [1.29, 1.82) is 0 Å². The summed E-state index contributed by atoms with van der Waals surface area (Å²) in [5.41, 5.74) is 1.56. The first-order chi connectivity index (χ1) is 9.52. The van der Waals surface area contributed by atoms with Crippen molar-refractivity contribution in [3.8, 4) is 0 Å². The van der Waals surface area contributed by atoms with Crippen molar-refractivity contribution >= 4 is 27.3 Å². The molecular formula is C15H16BrF2NS. The fourth-order valence-corrected chi connectivity index (χ4v) is 3.75. The molecule has 108 valence electrons. The van der Waals surface area contributed by atoms with Gasteiger partial charge in [0.25, 0.3) is 0 Å². The maximum absolute atomic E-state index is 13.8. The number of thiophene rings is 1. The van der Waals surface area contributed by atoms with Gasteiger partial charge in [0.15, 0.2) is 11.6 Å². The minimum Gasteiger partial charge on any atom is -0.309 e. The van der Waals surface area contributed by atoms with Crippen LogP contribution in [0.1, 0.15) is 29.0 Å². The third-order valence-corrected chi connectivity index (χ3v) is 5.38. The van der Waals surface area contributed by atoms with Gasteiger partial charge in [0.2, 0.25) is 0 Å². The molecule has 0 radical (unpaired) electrons. The van der Waals surface area contributed by atoms with Gasteiger partial charge in [-0.15, -0.1) is 11.3 Å². The standard InChI is InChI=1S/C15H16BrF2NS/c1-3-19-12(13-7-9(2)15(16)20-13)8-10-5-4-6-11(17)14(10)18/h4-7,12,19H,3,8H2,1-2H3. The zero-order chi connectivity index (χ0) is 14.7. The zero-order valence-corrected chi connectivity index (χ0v) is 13.7. The Bertz CT molecular complexity index is 578. The van der Waals surface area contributed by atoms with Crippen molar-refractivity contribution in [2.45, 2.75) is 26.3 Å². The summed E-state index contributed by atoms with van der Waals surface area (Å²) in [5.74, 6) is -1.54. The average Bonchev–Trinajstić information content (AvgIpc) is 2.74. The molecular weight excluding hydrogens is 344 g/mol. The van der Waals surface area contributed by atoms with E-state index in [1.165, 1.54) is 0 Å². The lowest BCUT2D eigenvalue weighted by molar-refractivity contribution is 0.483. The van der Waals surface area contributed by atoms with Gasteiger partial charge in [-0.2, -0.15) is 0 Å². The van der Waals surface area contributed by atoms with Crippen molar-refractivity contribution in [1.82, 2.24) is 5.32 Å². The van der Waals surface area contributed by atoms with Crippen LogP contribution in [0.4, 0.5) is 8.78 Å². The van der Waals surface area contributed by atoms with Crippen LogP contribution in [-0.2, 0) is 6.42 Å². The molecule has 0 amide bonds. The highest BCUT2D eigenvalue weighted by Crippen LogP contribution is 2.33. The smallest absolute Gasteiger partial charge is 0.162 e. The van der Waals surface area contributed by atoms with Crippen LogP contribution in [0, 0.1) is 18.6 Å². The van der Waals surface area contributed by atoms with Crippen LogP contribution in [-0.4, -0.2) is 6.54 Å². The highest BCUT2D eigenvalue weighted by Gasteiger charge is 2.18. The van der Waals surface area contributed by atoms with E-state index in [4.69, 9.17) is 0 Å². The maximum Gasteiger partial charge on any atom is 0.162 e. The lowest BCUT2D eigenvalue weighted by Crippen LogP contribution is -2.22. The summed E-state index contributed by atoms with van der Waals surface area (Å²) in [6.07, 6.45) is 0.434. The van der Waals surface area contributed by atoms with E-state index >= 15 is 0 Å². The van der Waals surface area contributed by atoms with E-state index in [2.05, 4.69) is 27.3 Å². The zero-order valence-electron chi connectivity index (χ0n) is 11.3. The number of nitrogens with one attached hydrogen (secondary N) is 1. The minimum atomic E-state index is -0.790. The number of hydrogen-bond donors (Lipinski definition) is 1. The Hall–Kier alpha value is -0.780. The van der Waals surface area contributed by atoms with Gasteiger partial charge in [-0.25, -0.2) is 8.78 Å². The maximum atomic E-state index is 13.8. The van der Waals surface area contributed by atoms with Crippen LogP contribution >= 0.6 is 27.3 Å². The molecule has 0 fully saturated rings. The Morgan fingerprint density at radius 1 is 1.35 bits per heavy atom.